The third kappa shape index (κ3) is 4.00. The molecule has 0 bridgehead atoms. The average Bonchev–Trinajstić information content (AvgIpc) is 1.63. The summed E-state index contributed by atoms with van der Waals surface area (Å²) in [6.07, 6.45) is 5.05. The van der Waals surface area contributed by atoms with Crippen molar-refractivity contribution < 1.29 is 5.11 Å². The Hall–Kier alpha value is -0.540. The van der Waals surface area contributed by atoms with E-state index in [1.165, 1.54) is 0 Å². The Balaban J connectivity index is 4.24. The van der Waals surface area contributed by atoms with Gasteiger partial charge < -0.3 is 5.11 Å². The molecule has 3 heteroatoms. The van der Waals surface area contributed by atoms with Crippen LogP contribution in [0.2, 0.25) is 0 Å². The number of rotatable bonds is 1. The van der Waals surface area contributed by atoms with Gasteiger partial charge in [-0.25, -0.2) is 0 Å². The van der Waals surface area contributed by atoms with Crippen LogP contribution in [0, 0.1) is 12.3 Å². The molecule has 0 aromatic heterocycles. The lowest BCUT2D eigenvalue weighted by atomic mass is 10.1. The van der Waals surface area contributed by atoms with E-state index in [0.717, 1.165) is 0 Å². The lowest BCUT2D eigenvalue weighted by Gasteiger charge is -2.14. The van der Waals surface area contributed by atoms with Crippen LogP contribution in [-0.2, 0) is 0 Å². The Morgan fingerprint density at radius 2 is 2.22 bits per heavy atom. The van der Waals surface area contributed by atoms with Crippen molar-refractivity contribution in [3.8, 4) is 12.3 Å². The molecular weight excluding hydrogens is 133 g/mol. The van der Waals surface area contributed by atoms with E-state index in [9.17, 15) is 5.11 Å². The highest BCUT2D eigenvalue weighted by molar-refractivity contribution is 7.39. The summed E-state index contributed by atoms with van der Waals surface area (Å²) in [6, 6.07) is 0. The molecule has 0 amide bonds. The maximum Gasteiger partial charge on any atom is 0.114 e. The van der Waals surface area contributed by atoms with Crippen LogP contribution in [0.15, 0.2) is 4.99 Å². The molecule has 1 unspecified atom stereocenters. The van der Waals surface area contributed by atoms with Gasteiger partial charge in [-0.05, 0) is 19.5 Å². The molecule has 50 valence electrons. The van der Waals surface area contributed by atoms with Crippen LogP contribution in [0.25, 0.3) is 0 Å². The third-order valence-electron chi connectivity index (χ3n) is 0.743. The predicted octanol–water partition coefficient (Wildman–Crippen LogP) is -0.0104. The molecule has 0 fully saturated rings. The molecule has 0 aliphatic heterocycles. The normalized spacial score (nSPS) is 12.9. The van der Waals surface area contributed by atoms with Gasteiger partial charge in [-0.2, -0.15) is 0 Å². The first-order valence-electron chi connectivity index (χ1n) is 2.48. The van der Waals surface area contributed by atoms with Crippen LogP contribution in [-0.4, -0.2) is 11.2 Å². The summed E-state index contributed by atoms with van der Waals surface area (Å²) in [7, 11) is 1.95. The largest absolute Gasteiger partial charge is 0.859 e. The van der Waals surface area contributed by atoms with Gasteiger partial charge in [0.2, 0.25) is 0 Å². The van der Waals surface area contributed by atoms with Crippen molar-refractivity contribution in [3.05, 3.63) is 0 Å². The molecule has 0 aliphatic rings. The summed E-state index contributed by atoms with van der Waals surface area (Å²) in [6.45, 7) is 3.41. The highest BCUT2D eigenvalue weighted by atomic mass is 31.0. The molecule has 0 aromatic rings. The smallest absolute Gasteiger partial charge is 0.114 e. The lowest BCUT2D eigenvalue weighted by Crippen LogP contribution is -2.19. The fourth-order valence-corrected chi connectivity index (χ4v) is 0.631. The first kappa shape index (κ1) is 8.46. The summed E-state index contributed by atoms with van der Waals surface area (Å²) < 4.78 is 0. The van der Waals surface area contributed by atoms with E-state index < -0.39 is 5.54 Å². The standard InChI is InChI=1S/C6H10NOP/c1-4-6(2,3)7-5(8)9/h1H,9H2,2-3H3,(H,7,8)/p-1. The second-order valence-corrected chi connectivity index (χ2v) is 2.65. The minimum absolute atomic E-state index is 0.307. The van der Waals surface area contributed by atoms with Crippen LogP contribution in [0.4, 0.5) is 0 Å². The molecule has 2 nitrogen and oxygen atoms in total. The van der Waals surface area contributed by atoms with Gasteiger partial charge in [0.05, 0.1) is 0 Å². The van der Waals surface area contributed by atoms with E-state index in [-0.39, 0.29) is 5.64 Å². The maximum atomic E-state index is 10.3. The van der Waals surface area contributed by atoms with Gasteiger partial charge in [0, 0.05) is 0 Å². The lowest BCUT2D eigenvalue weighted by molar-refractivity contribution is -0.207. The number of aliphatic imine (C=N–C) groups is 1. The summed E-state index contributed by atoms with van der Waals surface area (Å²) >= 11 is 0. The SMILES string of the molecule is C#CC(C)(C)N=C([O-])P. The average molecular weight is 142 g/mol. The zero-order valence-corrected chi connectivity index (χ0v) is 6.66. The van der Waals surface area contributed by atoms with Crippen molar-refractivity contribution >= 4 is 14.9 Å². The van der Waals surface area contributed by atoms with E-state index in [2.05, 4.69) is 10.9 Å². The van der Waals surface area contributed by atoms with Crippen LogP contribution in [0.1, 0.15) is 13.8 Å². The summed E-state index contributed by atoms with van der Waals surface area (Å²) in [5, 5.41) is 10.3. The van der Waals surface area contributed by atoms with E-state index in [1.807, 2.05) is 9.24 Å². The number of terminal acetylenes is 1. The second-order valence-electron chi connectivity index (χ2n) is 2.15. The molecule has 0 rings (SSSR count). The summed E-state index contributed by atoms with van der Waals surface area (Å²) in [5.74, 6) is 2.37. The molecule has 0 aliphatic carbocycles. The Kier molecular flexibility index (Phi) is 2.67. The minimum Gasteiger partial charge on any atom is -0.859 e. The second kappa shape index (κ2) is 2.85. The van der Waals surface area contributed by atoms with Gasteiger partial charge in [-0.1, -0.05) is 5.92 Å². The van der Waals surface area contributed by atoms with Crippen molar-refractivity contribution in [1.29, 1.82) is 0 Å². The molecule has 9 heavy (non-hydrogen) atoms. The van der Waals surface area contributed by atoms with Gasteiger partial charge >= 0.3 is 0 Å². The predicted molar refractivity (Wildman–Crippen MR) is 40.1 cm³/mol. The van der Waals surface area contributed by atoms with Gasteiger partial charge in [0.25, 0.3) is 0 Å². The van der Waals surface area contributed by atoms with Crippen LogP contribution < -0.4 is 5.11 Å². The molecule has 0 N–H and O–H groups in total. The number of hydrogen-bond acceptors (Lipinski definition) is 2. The summed E-state index contributed by atoms with van der Waals surface area (Å²) in [5.41, 5.74) is -0.961. The van der Waals surface area contributed by atoms with Crippen molar-refractivity contribution in [1.82, 2.24) is 0 Å². The fraction of sp³-hybridized carbons (Fsp3) is 0.500. The van der Waals surface area contributed by atoms with Crippen molar-refractivity contribution in [3.63, 3.8) is 0 Å². The molecule has 0 aromatic carbocycles. The molecule has 0 saturated heterocycles. The highest BCUT2D eigenvalue weighted by Gasteiger charge is 2.08. The fourth-order valence-electron chi connectivity index (χ4n) is 0.308. The van der Waals surface area contributed by atoms with E-state index in [1.54, 1.807) is 13.8 Å². The third-order valence-corrected chi connectivity index (χ3v) is 0.872. The van der Waals surface area contributed by atoms with E-state index in [0.29, 0.717) is 0 Å². The Bertz CT molecular complexity index is 162. The Morgan fingerprint density at radius 1 is 1.78 bits per heavy atom. The Labute approximate surface area is 57.6 Å². The van der Waals surface area contributed by atoms with Crippen LogP contribution >= 0.6 is 9.24 Å². The molecule has 1 atom stereocenters. The van der Waals surface area contributed by atoms with Gasteiger partial charge in [0.1, 0.15) is 5.54 Å². The van der Waals surface area contributed by atoms with E-state index in [4.69, 9.17) is 6.42 Å². The maximum absolute atomic E-state index is 10.3. The number of hydrogen-bond donors (Lipinski definition) is 0. The van der Waals surface area contributed by atoms with E-state index >= 15 is 0 Å². The van der Waals surface area contributed by atoms with Crippen molar-refractivity contribution in [2.75, 3.05) is 0 Å². The van der Waals surface area contributed by atoms with Crippen LogP contribution in [0.3, 0.4) is 0 Å². The topological polar surface area (TPSA) is 35.4 Å². The van der Waals surface area contributed by atoms with Gasteiger partial charge in [-0.15, -0.1) is 15.7 Å². The summed E-state index contributed by atoms with van der Waals surface area (Å²) in [4.78, 5) is 3.62. The zero-order valence-electron chi connectivity index (χ0n) is 5.51. The quantitative estimate of drug-likeness (QED) is 0.219. The monoisotopic (exact) mass is 142 g/mol. The zero-order chi connectivity index (χ0) is 7.49. The minimum atomic E-state index is -0.654. The highest BCUT2D eigenvalue weighted by Crippen LogP contribution is 2.06. The Morgan fingerprint density at radius 3 is 2.33 bits per heavy atom. The van der Waals surface area contributed by atoms with Crippen LogP contribution in [0.5, 0.6) is 0 Å². The first-order valence-corrected chi connectivity index (χ1v) is 3.06. The van der Waals surface area contributed by atoms with Gasteiger partial charge in [-0.3, -0.25) is 4.99 Å². The molecule has 0 radical (unpaired) electrons. The molecule has 0 saturated carbocycles. The molecule has 0 heterocycles. The molecule has 0 spiro atoms. The molecular formula is C6H9NOP-. The van der Waals surface area contributed by atoms with Crippen molar-refractivity contribution in [2.45, 2.75) is 19.4 Å². The van der Waals surface area contributed by atoms with Gasteiger partial charge in [0.15, 0.2) is 0 Å². The number of nitrogens with zero attached hydrogens (tertiary/aromatic N) is 1. The van der Waals surface area contributed by atoms with Crippen molar-refractivity contribution in [2.24, 2.45) is 4.99 Å². The first-order chi connectivity index (χ1) is 3.98.